The SMILES string of the molecule is [NH4+].c1cc2cc(c1)C2. The highest BCUT2D eigenvalue weighted by Gasteiger charge is 2.04. The Bertz CT molecular complexity index is 169. The number of benzene rings is 1. The van der Waals surface area contributed by atoms with E-state index in [2.05, 4.69) is 24.3 Å². The molecule has 1 heteroatoms. The van der Waals surface area contributed by atoms with Crippen LogP contribution in [0, 0.1) is 0 Å². The summed E-state index contributed by atoms with van der Waals surface area (Å²) in [5.41, 5.74) is 2.97. The molecule has 2 bridgehead atoms. The molecule has 1 aromatic rings. The van der Waals surface area contributed by atoms with E-state index in [-0.39, 0.29) is 6.15 Å². The first-order valence-electron chi connectivity index (χ1n) is 2.53. The molecule has 0 spiro atoms. The number of fused-ring (bicyclic) bond motifs is 2. The quantitative estimate of drug-likeness (QED) is 0.535. The van der Waals surface area contributed by atoms with Gasteiger partial charge in [-0.05, 0) is 17.5 Å². The van der Waals surface area contributed by atoms with Gasteiger partial charge in [0.15, 0.2) is 0 Å². The molecule has 2 aliphatic rings. The third-order valence-corrected chi connectivity index (χ3v) is 1.40. The monoisotopic (exact) mass is 108 g/mol. The Kier molecular flexibility index (Phi) is 1.06. The van der Waals surface area contributed by atoms with Crippen LogP contribution in [0.1, 0.15) is 11.1 Å². The van der Waals surface area contributed by atoms with Gasteiger partial charge in [0.2, 0.25) is 0 Å². The maximum Gasteiger partial charge on any atom is -0.00256 e. The third-order valence-electron chi connectivity index (χ3n) is 1.40. The molecule has 4 N–H and O–H groups in total. The molecule has 0 atom stereocenters. The van der Waals surface area contributed by atoms with Gasteiger partial charge in [-0.2, -0.15) is 0 Å². The molecule has 1 nitrogen and oxygen atoms in total. The zero-order valence-electron chi connectivity index (χ0n) is 5.02. The van der Waals surface area contributed by atoms with Crippen LogP contribution in [0.4, 0.5) is 0 Å². The maximum absolute atomic E-state index is 2.22. The molecule has 2 aliphatic carbocycles. The summed E-state index contributed by atoms with van der Waals surface area (Å²) >= 11 is 0. The predicted molar refractivity (Wildman–Crippen MR) is 35.2 cm³/mol. The van der Waals surface area contributed by atoms with E-state index in [4.69, 9.17) is 0 Å². The zero-order valence-corrected chi connectivity index (χ0v) is 5.02. The Labute approximate surface area is 48.9 Å². The summed E-state index contributed by atoms with van der Waals surface area (Å²) in [7, 11) is 0. The summed E-state index contributed by atoms with van der Waals surface area (Å²) in [5.74, 6) is 0. The van der Waals surface area contributed by atoms with Gasteiger partial charge < -0.3 is 6.15 Å². The number of rotatable bonds is 0. The summed E-state index contributed by atoms with van der Waals surface area (Å²) in [5, 5.41) is 0. The van der Waals surface area contributed by atoms with Crippen LogP contribution >= 0.6 is 0 Å². The molecule has 0 unspecified atom stereocenters. The van der Waals surface area contributed by atoms with Gasteiger partial charge in [0.25, 0.3) is 0 Å². The second kappa shape index (κ2) is 1.60. The van der Waals surface area contributed by atoms with Crippen LogP contribution in [0.2, 0.25) is 0 Å². The molecule has 0 amide bonds. The molecule has 0 fully saturated rings. The first-order chi connectivity index (χ1) is 3.45. The van der Waals surface area contributed by atoms with E-state index in [1.807, 2.05) is 0 Å². The van der Waals surface area contributed by atoms with Crippen molar-refractivity contribution in [3.63, 3.8) is 0 Å². The normalized spacial score (nSPS) is 11.5. The van der Waals surface area contributed by atoms with Crippen molar-refractivity contribution < 1.29 is 0 Å². The summed E-state index contributed by atoms with van der Waals surface area (Å²) in [6.45, 7) is 0. The molecule has 1 aromatic carbocycles. The van der Waals surface area contributed by atoms with Crippen molar-refractivity contribution in [2.24, 2.45) is 0 Å². The fourth-order valence-corrected chi connectivity index (χ4v) is 0.954. The van der Waals surface area contributed by atoms with Gasteiger partial charge in [-0.25, -0.2) is 0 Å². The van der Waals surface area contributed by atoms with Gasteiger partial charge in [0.1, 0.15) is 0 Å². The van der Waals surface area contributed by atoms with Crippen molar-refractivity contribution in [3.05, 3.63) is 35.4 Å². The van der Waals surface area contributed by atoms with Gasteiger partial charge in [-0.3, -0.25) is 0 Å². The lowest BCUT2D eigenvalue weighted by Crippen LogP contribution is -1.97. The molecular formula is C7H10N+. The summed E-state index contributed by atoms with van der Waals surface area (Å²) < 4.78 is 0. The van der Waals surface area contributed by atoms with Crippen molar-refractivity contribution in [2.75, 3.05) is 0 Å². The van der Waals surface area contributed by atoms with Crippen LogP contribution < -0.4 is 6.15 Å². The Morgan fingerprint density at radius 2 is 1.62 bits per heavy atom. The van der Waals surface area contributed by atoms with Crippen LogP contribution in [0.5, 0.6) is 0 Å². The van der Waals surface area contributed by atoms with E-state index in [0.29, 0.717) is 0 Å². The van der Waals surface area contributed by atoms with E-state index in [1.54, 1.807) is 0 Å². The maximum atomic E-state index is 2.22. The van der Waals surface area contributed by atoms with E-state index >= 15 is 0 Å². The summed E-state index contributed by atoms with van der Waals surface area (Å²) in [6.07, 6.45) is 1.22. The Hall–Kier alpha value is -0.820. The van der Waals surface area contributed by atoms with Crippen molar-refractivity contribution in [2.45, 2.75) is 6.42 Å². The minimum atomic E-state index is 0. The number of hydrogen-bond acceptors (Lipinski definition) is 0. The Morgan fingerprint density at radius 3 is 1.75 bits per heavy atom. The van der Waals surface area contributed by atoms with Crippen molar-refractivity contribution in [1.29, 1.82) is 0 Å². The molecule has 8 heavy (non-hydrogen) atoms. The topological polar surface area (TPSA) is 36.5 Å². The number of quaternary nitrogens is 1. The fourth-order valence-electron chi connectivity index (χ4n) is 0.954. The Balaban J connectivity index is 0.000000320. The van der Waals surface area contributed by atoms with Crippen LogP contribution in [0.3, 0.4) is 0 Å². The van der Waals surface area contributed by atoms with Crippen molar-refractivity contribution >= 4 is 0 Å². The molecule has 0 radical (unpaired) electrons. The highest BCUT2D eigenvalue weighted by Crippen LogP contribution is 2.18. The van der Waals surface area contributed by atoms with E-state index < -0.39 is 0 Å². The largest absolute Gasteiger partial charge is 0.369 e. The first kappa shape index (κ1) is 5.32. The first-order valence-corrected chi connectivity index (χ1v) is 2.53. The second-order valence-electron chi connectivity index (χ2n) is 2.00. The summed E-state index contributed by atoms with van der Waals surface area (Å²) in [4.78, 5) is 0. The molecule has 0 aromatic heterocycles. The van der Waals surface area contributed by atoms with Crippen LogP contribution in [0.15, 0.2) is 24.3 Å². The van der Waals surface area contributed by atoms with Gasteiger partial charge >= 0.3 is 0 Å². The van der Waals surface area contributed by atoms with Gasteiger partial charge in [0, 0.05) is 0 Å². The predicted octanol–water partition coefficient (Wildman–Crippen LogP) is 1.97. The highest BCUT2D eigenvalue weighted by atomic mass is 14.1. The average molecular weight is 108 g/mol. The fraction of sp³-hybridized carbons (Fsp3) is 0.143. The van der Waals surface area contributed by atoms with Gasteiger partial charge in [-0.1, -0.05) is 24.3 Å². The molecular weight excluding hydrogens is 98.1 g/mol. The molecule has 0 heterocycles. The molecule has 0 aliphatic heterocycles. The third kappa shape index (κ3) is 0.521. The van der Waals surface area contributed by atoms with E-state index in [9.17, 15) is 0 Å². The minimum absolute atomic E-state index is 0. The molecule has 3 rings (SSSR count). The lowest BCUT2D eigenvalue weighted by molar-refractivity contribution is 1.09. The molecule has 42 valence electrons. The zero-order chi connectivity index (χ0) is 4.69. The van der Waals surface area contributed by atoms with E-state index in [1.165, 1.54) is 17.5 Å². The van der Waals surface area contributed by atoms with Crippen molar-refractivity contribution in [3.8, 4) is 0 Å². The van der Waals surface area contributed by atoms with Crippen molar-refractivity contribution in [1.82, 2.24) is 6.15 Å². The van der Waals surface area contributed by atoms with Crippen LogP contribution in [-0.4, -0.2) is 0 Å². The van der Waals surface area contributed by atoms with Crippen LogP contribution in [-0.2, 0) is 6.42 Å². The molecule has 0 saturated carbocycles. The Morgan fingerprint density at radius 1 is 1.12 bits per heavy atom. The van der Waals surface area contributed by atoms with Gasteiger partial charge in [-0.15, -0.1) is 0 Å². The van der Waals surface area contributed by atoms with Gasteiger partial charge in [0.05, 0.1) is 0 Å². The minimum Gasteiger partial charge on any atom is -0.369 e. The second-order valence-corrected chi connectivity index (χ2v) is 2.00. The lowest BCUT2D eigenvalue weighted by atomic mass is 9.94. The standard InChI is InChI=1S/C7H6.H3N/c1-2-6-4-7(3-1)5-6;/h1-4H,5H2;1H3/p+1. The average Bonchev–Trinajstić information content (AvgIpc) is 1.67. The summed E-state index contributed by atoms with van der Waals surface area (Å²) in [6, 6.07) is 8.65. The number of hydrogen-bond donors (Lipinski definition) is 1. The highest BCUT2D eigenvalue weighted by molar-refractivity contribution is 5.37. The van der Waals surface area contributed by atoms with E-state index in [0.717, 1.165) is 0 Å². The lowest BCUT2D eigenvalue weighted by Gasteiger charge is -2.11. The smallest absolute Gasteiger partial charge is 0.00256 e. The van der Waals surface area contributed by atoms with Crippen LogP contribution in [0.25, 0.3) is 0 Å². The molecule has 0 saturated heterocycles.